The van der Waals surface area contributed by atoms with Crippen molar-refractivity contribution in [3.63, 3.8) is 0 Å². The van der Waals surface area contributed by atoms with E-state index in [0.29, 0.717) is 6.92 Å². The van der Waals surface area contributed by atoms with Crippen LogP contribution in [0, 0.1) is 0 Å². The van der Waals surface area contributed by atoms with E-state index in [1.807, 2.05) is 0 Å². The highest BCUT2D eigenvalue weighted by Crippen LogP contribution is 2.38. The summed E-state index contributed by atoms with van der Waals surface area (Å²) in [7, 11) is 0. The SMILES string of the molecule is C[C@](O)(c1cccc(C(=O)NN)c1)C(F)(F)F. The van der Waals surface area contributed by atoms with E-state index in [-0.39, 0.29) is 5.56 Å². The molecule has 1 atom stereocenters. The van der Waals surface area contributed by atoms with Gasteiger partial charge in [0.05, 0.1) is 0 Å². The number of nitrogens with two attached hydrogens (primary N) is 1. The van der Waals surface area contributed by atoms with Crippen LogP contribution in [0.1, 0.15) is 22.8 Å². The molecule has 1 aromatic rings. The number of aliphatic hydroxyl groups is 1. The van der Waals surface area contributed by atoms with Crippen molar-refractivity contribution < 1.29 is 23.1 Å². The van der Waals surface area contributed by atoms with Gasteiger partial charge in [-0.3, -0.25) is 10.2 Å². The molecule has 0 fully saturated rings. The second-order valence-electron chi connectivity index (χ2n) is 3.62. The number of rotatable bonds is 2. The summed E-state index contributed by atoms with van der Waals surface area (Å²) in [5.41, 5.74) is -1.70. The van der Waals surface area contributed by atoms with Gasteiger partial charge in [-0.2, -0.15) is 13.2 Å². The molecule has 4 N–H and O–H groups in total. The Balaban J connectivity index is 3.21. The lowest BCUT2D eigenvalue weighted by Crippen LogP contribution is -2.39. The van der Waals surface area contributed by atoms with Crippen LogP contribution in [0.2, 0.25) is 0 Å². The van der Waals surface area contributed by atoms with E-state index in [2.05, 4.69) is 0 Å². The summed E-state index contributed by atoms with van der Waals surface area (Å²) in [4.78, 5) is 11.1. The lowest BCUT2D eigenvalue weighted by Gasteiger charge is -2.26. The number of nitrogens with one attached hydrogen (secondary N) is 1. The molecule has 0 bridgehead atoms. The summed E-state index contributed by atoms with van der Waals surface area (Å²) in [5.74, 6) is 4.13. The zero-order chi connectivity index (χ0) is 13.3. The fourth-order valence-electron chi connectivity index (χ4n) is 1.21. The summed E-state index contributed by atoms with van der Waals surface area (Å²) in [6.45, 7) is 0.618. The maximum Gasteiger partial charge on any atom is 0.421 e. The number of benzene rings is 1. The maximum absolute atomic E-state index is 12.6. The minimum atomic E-state index is -4.83. The number of carbonyl (C=O) groups excluding carboxylic acids is 1. The van der Waals surface area contributed by atoms with Gasteiger partial charge < -0.3 is 5.11 Å². The highest BCUT2D eigenvalue weighted by molar-refractivity contribution is 5.93. The van der Waals surface area contributed by atoms with E-state index < -0.39 is 23.2 Å². The Bertz CT molecular complexity index is 430. The van der Waals surface area contributed by atoms with E-state index in [1.54, 1.807) is 5.43 Å². The quantitative estimate of drug-likeness (QED) is 0.416. The highest BCUT2D eigenvalue weighted by atomic mass is 19.4. The molecule has 0 aliphatic heterocycles. The van der Waals surface area contributed by atoms with Crippen molar-refractivity contribution in [2.45, 2.75) is 18.7 Å². The third kappa shape index (κ3) is 2.56. The average Bonchev–Trinajstić information content (AvgIpc) is 2.26. The number of carbonyl (C=O) groups is 1. The Hall–Kier alpha value is -1.60. The third-order valence-corrected chi connectivity index (χ3v) is 2.37. The molecule has 0 unspecified atom stereocenters. The minimum absolute atomic E-state index is 0.0606. The van der Waals surface area contributed by atoms with E-state index in [4.69, 9.17) is 5.84 Å². The Morgan fingerprint density at radius 1 is 1.41 bits per heavy atom. The molecule has 1 amide bonds. The molecule has 0 radical (unpaired) electrons. The van der Waals surface area contributed by atoms with Gasteiger partial charge >= 0.3 is 6.18 Å². The number of hydrazine groups is 1. The molecule has 0 saturated carbocycles. The fourth-order valence-corrected chi connectivity index (χ4v) is 1.21. The second-order valence-corrected chi connectivity index (χ2v) is 3.62. The first kappa shape index (κ1) is 13.5. The van der Waals surface area contributed by atoms with E-state index >= 15 is 0 Å². The van der Waals surface area contributed by atoms with Gasteiger partial charge in [-0.25, -0.2) is 5.84 Å². The normalized spacial score (nSPS) is 15.2. The zero-order valence-electron chi connectivity index (χ0n) is 8.88. The predicted octanol–water partition coefficient (Wildman–Crippen LogP) is 1.06. The Morgan fingerprint density at radius 3 is 2.47 bits per heavy atom. The fraction of sp³-hybridized carbons (Fsp3) is 0.300. The lowest BCUT2D eigenvalue weighted by molar-refractivity contribution is -0.258. The number of halogens is 3. The molecular formula is C10H11F3N2O2. The van der Waals surface area contributed by atoms with Crippen LogP contribution >= 0.6 is 0 Å². The van der Waals surface area contributed by atoms with Crippen molar-refractivity contribution in [3.05, 3.63) is 35.4 Å². The molecule has 0 heterocycles. The van der Waals surface area contributed by atoms with Crippen LogP contribution < -0.4 is 11.3 Å². The zero-order valence-corrected chi connectivity index (χ0v) is 8.88. The maximum atomic E-state index is 12.6. The minimum Gasteiger partial charge on any atom is -0.376 e. The topological polar surface area (TPSA) is 75.3 Å². The third-order valence-electron chi connectivity index (χ3n) is 2.37. The average molecular weight is 248 g/mol. The number of nitrogen functional groups attached to an aromatic ring is 1. The molecule has 1 aromatic carbocycles. The molecule has 0 saturated heterocycles. The van der Waals surface area contributed by atoms with Gasteiger partial charge in [-0.1, -0.05) is 12.1 Å². The molecule has 17 heavy (non-hydrogen) atoms. The number of amides is 1. The number of hydrogen-bond donors (Lipinski definition) is 3. The van der Waals surface area contributed by atoms with Crippen molar-refractivity contribution in [2.24, 2.45) is 5.84 Å². The first-order valence-corrected chi connectivity index (χ1v) is 4.60. The Labute approximate surface area is 95.2 Å². The molecule has 94 valence electrons. The van der Waals surface area contributed by atoms with Crippen LogP contribution in [-0.2, 0) is 5.60 Å². The van der Waals surface area contributed by atoms with Crippen molar-refractivity contribution in [1.29, 1.82) is 0 Å². The molecule has 0 aromatic heterocycles. The summed E-state index contributed by atoms with van der Waals surface area (Å²) in [5, 5.41) is 9.41. The molecule has 0 spiro atoms. The largest absolute Gasteiger partial charge is 0.421 e. The molecule has 0 aliphatic carbocycles. The van der Waals surface area contributed by atoms with Gasteiger partial charge in [-0.05, 0) is 24.6 Å². The predicted molar refractivity (Wildman–Crippen MR) is 53.7 cm³/mol. The highest BCUT2D eigenvalue weighted by Gasteiger charge is 2.51. The van der Waals surface area contributed by atoms with Gasteiger partial charge in [-0.15, -0.1) is 0 Å². The van der Waals surface area contributed by atoms with E-state index in [9.17, 15) is 23.1 Å². The van der Waals surface area contributed by atoms with Gasteiger partial charge in [0.2, 0.25) is 0 Å². The van der Waals surface area contributed by atoms with Gasteiger partial charge in [0.15, 0.2) is 5.60 Å². The smallest absolute Gasteiger partial charge is 0.376 e. The number of alkyl halides is 3. The summed E-state index contributed by atoms with van der Waals surface area (Å²) in [6, 6.07) is 4.55. The molecule has 7 heteroatoms. The van der Waals surface area contributed by atoms with Crippen LogP contribution in [0.15, 0.2) is 24.3 Å². The van der Waals surface area contributed by atoms with Gasteiger partial charge in [0.1, 0.15) is 0 Å². The molecule has 0 aliphatic rings. The Morgan fingerprint density at radius 2 is 2.00 bits per heavy atom. The summed E-state index contributed by atoms with van der Waals surface area (Å²) in [6.07, 6.45) is -4.83. The molecular weight excluding hydrogens is 237 g/mol. The first-order chi connectivity index (χ1) is 7.70. The second kappa shape index (κ2) is 4.34. The first-order valence-electron chi connectivity index (χ1n) is 4.60. The van der Waals surface area contributed by atoms with Crippen molar-refractivity contribution in [1.82, 2.24) is 5.43 Å². The van der Waals surface area contributed by atoms with E-state index in [1.165, 1.54) is 12.1 Å². The number of hydrogen-bond acceptors (Lipinski definition) is 3. The van der Waals surface area contributed by atoms with Crippen molar-refractivity contribution >= 4 is 5.91 Å². The van der Waals surface area contributed by atoms with Gasteiger partial charge in [0, 0.05) is 5.56 Å². The molecule has 1 rings (SSSR count). The van der Waals surface area contributed by atoms with Crippen LogP contribution in [0.5, 0.6) is 0 Å². The Kier molecular flexibility index (Phi) is 3.44. The van der Waals surface area contributed by atoms with Crippen LogP contribution in [0.25, 0.3) is 0 Å². The van der Waals surface area contributed by atoms with Crippen LogP contribution in [0.3, 0.4) is 0 Å². The van der Waals surface area contributed by atoms with Gasteiger partial charge in [0.25, 0.3) is 5.91 Å². The summed E-state index contributed by atoms with van der Waals surface area (Å²) < 4.78 is 37.7. The van der Waals surface area contributed by atoms with Crippen LogP contribution in [-0.4, -0.2) is 17.2 Å². The lowest BCUT2D eigenvalue weighted by atomic mass is 9.94. The monoisotopic (exact) mass is 248 g/mol. The van der Waals surface area contributed by atoms with E-state index in [0.717, 1.165) is 12.1 Å². The van der Waals surface area contributed by atoms with Crippen molar-refractivity contribution in [3.8, 4) is 0 Å². The standard InChI is InChI=1S/C10H11F3N2O2/c1-9(17,10(11,12)13)7-4-2-3-6(5-7)8(16)15-14/h2-5,17H,14H2,1H3,(H,15,16)/t9-/m0/s1. The van der Waals surface area contributed by atoms with Crippen LogP contribution in [0.4, 0.5) is 13.2 Å². The summed E-state index contributed by atoms with van der Waals surface area (Å²) >= 11 is 0. The molecule has 4 nitrogen and oxygen atoms in total. The van der Waals surface area contributed by atoms with Crippen molar-refractivity contribution in [2.75, 3.05) is 0 Å².